The zero-order valence-corrected chi connectivity index (χ0v) is 9.31. The molecule has 0 unspecified atom stereocenters. The SMILES string of the molecule is CCOC(=O)c1nc2n(n1)[C@H](CC)C[C@@H]2F. The molecular weight excluding hydrogens is 213 g/mol. The number of alkyl halides is 1. The third-order valence-electron chi connectivity index (χ3n) is 2.69. The molecule has 6 heteroatoms. The number of ether oxygens (including phenoxy) is 1. The number of hydrogen-bond donors (Lipinski definition) is 0. The van der Waals surface area contributed by atoms with E-state index in [0.29, 0.717) is 6.42 Å². The van der Waals surface area contributed by atoms with E-state index in [9.17, 15) is 9.18 Å². The van der Waals surface area contributed by atoms with Gasteiger partial charge in [0.25, 0.3) is 5.82 Å². The zero-order chi connectivity index (χ0) is 11.7. The lowest BCUT2D eigenvalue weighted by molar-refractivity contribution is 0.0511. The summed E-state index contributed by atoms with van der Waals surface area (Å²) in [6, 6.07) is 0.000626. The summed E-state index contributed by atoms with van der Waals surface area (Å²) in [6.07, 6.45) is 0.0502. The molecule has 0 saturated carbocycles. The van der Waals surface area contributed by atoms with E-state index in [-0.39, 0.29) is 24.3 Å². The standard InChI is InChI=1S/C10H14FN3O2/c1-3-6-5-7(11)9-12-8(13-14(6)9)10(15)16-4-2/h6-7H,3-5H2,1-2H3/t6-,7+/m1/s1. The second-order valence-electron chi connectivity index (χ2n) is 3.72. The Hall–Kier alpha value is -1.46. The van der Waals surface area contributed by atoms with Crippen molar-refractivity contribution in [2.75, 3.05) is 6.61 Å². The van der Waals surface area contributed by atoms with E-state index in [4.69, 9.17) is 4.74 Å². The minimum Gasteiger partial charge on any atom is -0.460 e. The lowest BCUT2D eigenvalue weighted by Crippen LogP contribution is -2.10. The molecular formula is C10H14FN3O2. The highest BCUT2D eigenvalue weighted by Gasteiger charge is 2.34. The average molecular weight is 227 g/mol. The van der Waals surface area contributed by atoms with Crippen LogP contribution in [0.2, 0.25) is 0 Å². The molecule has 0 saturated heterocycles. The molecule has 16 heavy (non-hydrogen) atoms. The van der Waals surface area contributed by atoms with Gasteiger partial charge >= 0.3 is 5.97 Å². The molecule has 0 aliphatic carbocycles. The van der Waals surface area contributed by atoms with Crippen molar-refractivity contribution in [3.8, 4) is 0 Å². The Bertz CT molecular complexity index is 405. The Labute approximate surface area is 92.6 Å². The van der Waals surface area contributed by atoms with Crippen molar-refractivity contribution in [2.24, 2.45) is 0 Å². The highest BCUT2D eigenvalue weighted by Crippen LogP contribution is 2.36. The van der Waals surface area contributed by atoms with Crippen molar-refractivity contribution in [3.05, 3.63) is 11.6 Å². The minimum atomic E-state index is -1.12. The van der Waals surface area contributed by atoms with Crippen LogP contribution in [0.3, 0.4) is 0 Å². The van der Waals surface area contributed by atoms with Gasteiger partial charge in [0.1, 0.15) is 0 Å². The third kappa shape index (κ3) is 1.68. The van der Waals surface area contributed by atoms with Crippen LogP contribution in [0.4, 0.5) is 4.39 Å². The molecule has 2 atom stereocenters. The molecule has 1 aliphatic heterocycles. The first-order valence-electron chi connectivity index (χ1n) is 5.45. The summed E-state index contributed by atoms with van der Waals surface area (Å²) in [5.41, 5.74) is 0. The van der Waals surface area contributed by atoms with Gasteiger partial charge in [-0.1, -0.05) is 6.92 Å². The maximum Gasteiger partial charge on any atom is 0.378 e. The number of aromatic nitrogens is 3. The van der Waals surface area contributed by atoms with Crippen molar-refractivity contribution < 1.29 is 13.9 Å². The Morgan fingerprint density at radius 2 is 2.38 bits per heavy atom. The summed E-state index contributed by atoms with van der Waals surface area (Å²) in [6.45, 7) is 3.92. The fraction of sp³-hybridized carbons (Fsp3) is 0.700. The van der Waals surface area contributed by atoms with E-state index in [2.05, 4.69) is 10.1 Å². The lowest BCUT2D eigenvalue weighted by atomic mass is 10.1. The molecule has 0 amide bonds. The first-order valence-corrected chi connectivity index (χ1v) is 5.45. The molecule has 88 valence electrons. The van der Waals surface area contributed by atoms with E-state index in [1.807, 2.05) is 6.92 Å². The van der Waals surface area contributed by atoms with E-state index in [0.717, 1.165) is 6.42 Å². The van der Waals surface area contributed by atoms with Crippen molar-refractivity contribution in [2.45, 2.75) is 38.9 Å². The number of fused-ring (bicyclic) bond motifs is 1. The summed E-state index contributed by atoms with van der Waals surface area (Å²) in [5, 5.41) is 4.00. The highest BCUT2D eigenvalue weighted by molar-refractivity contribution is 5.85. The number of hydrogen-bond acceptors (Lipinski definition) is 4. The zero-order valence-electron chi connectivity index (χ0n) is 9.31. The Kier molecular flexibility index (Phi) is 2.89. The Balaban J connectivity index is 2.27. The van der Waals surface area contributed by atoms with Gasteiger partial charge in [-0.3, -0.25) is 0 Å². The summed E-state index contributed by atoms with van der Waals surface area (Å²) in [5.74, 6) is -0.390. The quantitative estimate of drug-likeness (QED) is 0.739. The van der Waals surface area contributed by atoms with Gasteiger partial charge in [-0.25, -0.2) is 18.9 Å². The van der Waals surface area contributed by atoms with Gasteiger partial charge in [0.15, 0.2) is 12.0 Å². The van der Waals surface area contributed by atoms with E-state index in [1.54, 1.807) is 6.92 Å². The van der Waals surface area contributed by atoms with E-state index >= 15 is 0 Å². The second-order valence-corrected chi connectivity index (χ2v) is 3.72. The predicted molar refractivity (Wildman–Crippen MR) is 53.8 cm³/mol. The molecule has 1 aliphatic rings. The van der Waals surface area contributed by atoms with Gasteiger partial charge in [0, 0.05) is 6.42 Å². The average Bonchev–Trinajstić information content (AvgIpc) is 2.80. The van der Waals surface area contributed by atoms with Gasteiger partial charge < -0.3 is 4.74 Å². The topological polar surface area (TPSA) is 57.0 Å². The molecule has 0 N–H and O–H groups in total. The van der Waals surface area contributed by atoms with Crippen molar-refractivity contribution in [1.29, 1.82) is 0 Å². The Morgan fingerprint density at radius 1 is 1.62 bits per heavy atom. The molecule has 0 fully saturated rings. The van der Waals surface area contributed by atoms with Crippen LogP contribution in [0.15, 0.2) is 0 Å². The van der Waals surface area contributed by atoms with Gasteiger partial charge in [-0.05, 0) is 13.3 Å². The fourth-order valence-electron chi connectivity index (χ4n) is 1.88. The van der Waals surface area contributed by atoms with Gasteiger partial charge in [-0.2, -0.15) is 0 Å². The van der Waals surface area contributed by atoms with Crippen LogP contribution in [0, 0.1) is 0 Å². The lowest BCUT2D eigenvalue weighted by Gasteiger charge is -2.06. The smallest absolute Gasteiger partial charge is 0.378 e. The maximum atomic E-state index is 13.5. The molecule has 0 aromatic carbocycles. The molecule has 1 aromatic heterocycles. The van der Waals surface area contributed by atoms with Crippen LogP contribution in [-0.4, -0.2) is 27.3 Å². The van der Waals surface area contributed by atoms with E-state index < -0.39 is 12.1 Å². The van der Waals surface area contributed by atoms with Crippen molar-refractivity contribution >= 4 is 5.97 Å². The molecule has 2 rings (SSSR count). The fourth-order valence-corrected chi connectivity index (χ4v) is 1.88. The van der Waals surface area contributed by atoms with Gasteiger partial charge in [0.05, 0.1) is 12.6 Å². The first-order chi connectivity index (χ1) is 7.67. The van der Waals surface area contributed by atoms with E-state index in [1.165, 1.54) is 4.68 Å². The second kappa shape index (κ2) is 4.19. The number of rotatable bonds is 3. The molecule has 0 radical (unpaired) electrons. The molecule has 1 aromatic rings. The maximum absolute atomic E-state index is 13.5. The van der Waals surface area contributed by atoms with Crippen LogP contribution >= 0.6 is 0 Å². The molecule has 2 heterocycles. The Morgan fingerprint density at radius 3 is 3.00 bits per heavy atom. The van der Waals surface area contributed by atoms with Crippen LogP contribution < -0.4 is 0 Å². The summed E-state index contributed by atoms with van der Waals surface area (Å²) in [4.78, 5) is 15.3. The highest BCUT2D eigenvalue weighted by atomic mass is 19.1. The summed E-state index contributed by atoms with van der Waals surface area (Å²) < 4.78 is 19.8. The normalized spacial score (nSPS) is 23.2. The number of nitrogens with zero attached hydrogens (tertiary/aromatic N) is 3. The summed E-state index contributed by atoms with van der Waals surface area (Å²) >= 11 is 0. The number of carbonyl (C=O) groups excluding carboxylic acids is 1. The monoisotopic (exact) mass is 227 g/mol. The number of esters is 1. The van der Waals surface area contributed by atoms with Gasteiger partial charge in [-0.15, -0.1) is 5.10 Å². The van der Waals surface area contributed by atoms with Crippen molar-refractivity contribution in [3.63, 3.8) is 0 Å². The number of carbonyl (C=O) groups is 1. The first kappa shape index (κ1) is 11.0. The van der Waals surface area contributed by atoms with Crippen LogP contribution in [-0.2, 0) is 4.74 Å². The van der Waals surface area contributed by atoms with Crippen LogP contribution in [0.1, 0.15) is 55.3 Å². The molecule has 0 bridgehead atoms. The summed E-state index contributed by atoms with van der Waals surface area (Å²) in [7, 11) is 0. The third-order valence-corrected chi connectivity index (χ3v) is 2.69. The molecule has 5 nitrogen and oxygen atoms in total. The predicted octanol–water partition coefficient (Wildman–Crippen LogP) is 1.82. The van der Waals surface area contributed by atoms with Crippen molar-refractivity contribution in [1.82, 2.24) is 14.8 Å². The minimum absolute atomic E-state index is 0.000626. The van der Waals surface area contributed by atoms with Gasteiger partial charge in [0.2, 0.25) is 0 Å². The van der Waals surface area contributed by atoms with Crippen LogP contribution in [0.5, 0.6) is 0 Å². The molecule has 0 spiro atoms. The number of halogens is 1. The largest absolute Gasteiger partial charge is 0.460 e. The van der Waals surface area contributed by atoms with Crippen LogP contribution in [0.25, 0.3) is 0 Å².